The first-order chi connectivity index (χ1) is 20.9. The molecule has 0 saturated carbocycles. The number of carbonyl (C=O) groups is 1. The van der Waals surface area contributed by atoms with Gasteiger partial charge in [0, 0.05) is 13.0 Å². The smallest absolute Gasteiger partial charge is 0.463 e. The lowest BCUT2D eigenvalue weighted by Gasteiger charge is -2.15. The van der Waals surface area contributed by atoms with Crippen LogP contribution in [0, 0.1) is 0 Å². The third kappa shape index (κ3) is 34.2. The summed E-state index contributed by atoms with van der Waals surface area (Å²) in [4.78, 5) is 21.2. The predicted octanol–water partition coefficient (Wildman–Crippen LogP) is 9.54. The van der Waals surface area contributed by atoms with Gasteiger partial charge >= 0.3 is 13.8 Å². The highest BCUT2D eigenvalue weighted by atomic mass is 31.2. The van der Waals surface area contributed by atoms with Crippen LogP contribution in [0.25, 0.3) is 0 Å². The summed E-state index contributed by atoms with van der Waals surface area (Å²) in [7, 11) is -4.25. The molecule has 0 spiro atoms. The second kappa shape index (κ2) is 32.9. The molecule has 0 aliphatic rings. The summed E-state index contributed by atoms with van der Waals surface area (Å²) in [5.74, 6) is -0.380. The summed E-state index contributed by atoms with van der Waals surface area (Å²) in [6.07, 6.45) is 34.1. The molecule has 4 N–H and O–H groups in total. The Hall–Kier alpha value is -0.500. The standard InChI is InChI=1S/C34H70NO7P/c1-2-3-4-5-6-7-8-9-10-11-12-13-14-15-16-17-18-19-20-21-22-23-24-25-26-27-28-34(37)40-31-33(36)32-42-43(38,39)41-30-29-35/h33,36H,2-32,35H2,1H3,(H,38,39). The van der Waals surface area contributed by atoms with E-state index in [0.717, 1.165) is 19.3 Å². The topological polar surface area (TPSA) is 128 Å². The average Bonchev–Trinajstić information content (AvgIpc) is 2.99. The van der Waals surface area contributed by atoms with E-state index in [1.54, 1.807) is 0 Å². The van der Waals surface area contributed by atoms with Crippen LogP contribution in [0.4, 0.5) is 0 Å². The summed E-state index contributed by atoms with van der Waals surface area (Å²) >= 11 is 0. The molecule has 0 bridgehead atoms. The van der Waals surface area contributed by atoms with Gasteiger partial charge in [-0.1, -0.05) is 167 Å². The highest BCUT2D eigenvalue weighted by molar-refractivity contribution is 7.47. The largest absolute Gasteiger partial charge is 0.472 e. The molecule has 0 rings (SSSR count). The van der Waals surface area contributed by atoms with Crippen LogP contribution in [0.1, 0.15) is 180 Å². The number of hydrogen-bond acceptors (Lipinski definition) is 7. The molecule has 43 heavy (non-hydrogen) atoms. The van der Waals surface area contributed by atoms with E-state index < -0.39 is 20.5 Å². The normalized spacial score (nSPS) is 13.7. The molecule has 0 radical (unpaired) electrons. The van der Waals surface area contributed by atoms with Gasteiger partial charge in [0.15, 0.2) is 0 Å². The number of aliphatic hydroxyl groups is 1. The predicted molar refractivity (Wildman–Crippen MR) is 178 cm³/mol. The fourth-order valence-corrected chi connectivity index (χ4v) is 6.05. The molecule has 0 saturated heterocycles. The number of rotatable bonds is 35. The summed E-state index contributed by atoms with van der Waals surface area (Å²) in [5, 5.41) is 9.74. The van der Waals surface area contributed by atoms with Gasteiger partial charge in [0.25, 0.3) is 0 Å². The second-order valence-electron chi connectivity index (χ2n) is 12.3. The van der Waals surface area contributed by atoms with Gasteiger partial charge in [0.2, 0.25) is 0 Å². The van der Waals surface area contributed by atoms with Crippen molar-refractivity contribution in [2.45, 2.75) is 186 Å². The molecule has 0 aliphatic carbocycles. The number of carbonyl (C=O) groups excluding carboxylic acids is 1. The van der Waals surface area contributed by atoms with Crippen LogP contribution in [-0.2, 0) is 23.1 Å². The highest BCUT2D eigenvalue weighted by Crippen LogP contribution is 2.42. The van der Waals surface area contributed by atoms with Crippen molar-refractivity contribution in [3.63, 3.8) is 0 Å². The number of hydrogen-bond donors (Lipinski definition) is 3. The number of ether oxygens (including phenoxy) is 1. The van der Waals surface area contributed by atoms with E-state index in [1.807, 2.05) is 0 Å². The number of esters is 1. The van der Waals surface area contributed by atoms with E-state index >= 15 is 0 Å². The fourth-order valence-electron chi connectivity index (χ4n) is 5.28. The van der Waals surface area contributed by atoms with Crippen molar-refractivity contribution in [1.82, 2.24) is 0 Å². The zero-order chi connectivity index (χ0) is 31.7. The van der Waals surface area contributed by atoms with Crippen LogP contribution in [-0.4, -0.2) is 48.4 Å². The van der Waals surface area contributed by atoms with E-state index in [1.165, 1.54) is 148 Å². The Balaban J connectivity index is 3.27. The van der Waals surface area contributed by atoms with Crippen molar-refractivity contribution >= 4 is 13.8 Å². The van der Waals surface area contributed by atoms with Crippen LogP contribution in [0.2, 0.25) is 0 Å². The summed E-state index contributed by atoms with van der Waals surface area (Å²) < 4.78 is 25.7. The third-order valence-electron chi connectivity index (χ3n) is 7.97. The van der Waals surface area contributed by atoms with E-state index in [9.17, 15) is 19.4 Å². The number of aliphatic hydroxyl groups excluding tert-OH is 1. The van der Waals surface area contributed by atoms with Gasteiger partial charge in [0.1, 0.15) is 12.7 Å². The van der Waals surface area contributed by atoms with Gasteiger partial charge in [-0.2, -0.15) is 0 Å². The molecule has 0 aliphatic heterocycles. The van der Waals surface area contributed by atoms with Crippen LogP contribution in [0.3, 0.4) is 0 Å². The number of phosphoric acid groups is 1. The zero-order valence-corrected chi connectivity index (χ0v) is 28.9. The minimum Gasteiger partial charge on any atom is -0.463 e. The molecule has 2 unspecified atom stereocenters. The maximum atomic E-state index is 11.8. The molecule has 258 valence electrons. The van der Waals surface area contributed by atoms with Crippen molar-refractivity contribution in [1.29, 1.82) is 0 Å². The Kier molecular flexibility index (Phi) is 32.5. The van der Waals surface area contributed by atoms with Crippen molar-refractivity contribution in [2.75, 3.05) is 26.4 Å². The summed E-state index contributed by atoms with van der Waals surface area (Å²) in [6, 6.07) is 0. The van der Waals surface area contributed by atoms with Gasteiger partial charge < -0.3 is 20.5 Å². The summed E-state index contributed by atoms with van der Waals surface area (Å²) in [5.41, 5.74) is 5.19. The lowest BCUT2D eigenvalue weighted by molar-refractivity contribution is -0.147. The first-order valence-corrected chi connectivity index (χ1v) is 19.6. The molecule has 0 heterocycles. The number of phosphoric ester groups is 1. The highest BCUT2D eigenvalue weighted by Gasteiger charge is 2.22. The first-order valence-electron chi connectivity index (χ1n) is 18.1. The van der Waals surface area contributed by atoms with E-state index in [0.29, 0.717) is 6.42 Å². The Morgan fingerprint density at radius 1 is 0.605 bits per heavy atom. The molecule has 0 aromatic heterocycles. The monoisotopic (exact) mass is 635 g/mol. The SMILES string of the molecule is CCCCCCCCCCCCCCCCCCCCCCCCCCCCC(=O)OCC(O)COP(=O)(O)OCCN. The molecule has 0 aromatic carbocycles. The molecule has 9 heteroatoms. The molecular weight excluding hydrogens is 565 g/mol. The number of nitrogens with two attached hydrogens (primary N) is 1. The molecule has 8 nitrogen and oxygen atoms in total. The lowest BCUT2D eigenvalue weighted by atomic mass is 10.0. The minimum absolute atomic E-state index is 0.0771. The maximum Gasteiger partial charge on any atom is 0.472 e. The Morgan fingerprint density at radius 3 is 1.30 bits per heavy atom. The number of unbranched alkanes of at least 4 members (excludes halogenated alkanes) is 25. The van der Waals surface area contributed by atoms with Crippen LogP contribution < -0.4 is 5.73 Å². The van der Waals surface area contributed by atoms with Gasteiger partial charge in [-0.25, -0.2) is 4.57 Å². The molecule has 2 atom stereocenters. The Labute approximate surface area is 265 Å². The van der Waals surface area contributed by atoms with E-state index in [4.69, 9.17) is 10.5 Å². The second-order valence-corrected chi connectivity index (χ2v) is 13.8. The van der Waals surface area contributed by atoms with Gasteiger partial charge in [-0.05, 0) is 6.42 Å². The van der Waals surface area contributed by atoms with Gasteiger partial charge in [-0.15, -0.1) is 0 Å². The molecular formula is C34H70NO7P. The molecule has 0 aromatic rings. The Bertz CT molecular complexity index is 638. The lowest BCUT2D eigenvalue weighted by Crippen LogP contribution is -2.23. The zero-order valence-electron chi connectivity index (χ0n) is 28.0. The van der Waals surface area contributed by atoms with Crippen LogP contribution in [0.5, 0.6) is 0 Å². The molecule has 0 fully saturated rings. The van der Waals surface area contributed by atoms with E-state index in [-0.39, 0.29) is 25.7 Å². The van der Waals surface area contributed by atoms with Crippen molar-refractivity contribution in [2.24, 2.45) is 5.73 Å². The van der Waals surface area contributed by atoms with Crippen LogP contribution >= 0.6 is 7.82 Å². The minimum atomic E-state index is -4.25. The fraction of sp³-hybridized carbons (Fsp3) is 0.971. The summed E-state index contributed by atoms with van der Waals surface area (Å²) in [6.45, 7) is 1.49. The van der Waals surface area contributed by atoms with E-state index in [2.05, 4.69) is 16.0 Å². The van der Waals surface area contributed by atoms with Gasteiger partial charge in [-0.3, -0.25) is 13.8 Å². The van der Waals surface area contributed by atoms with Gasteiger partial charge in [0.05, 0.1) is 13.2 Å². The maximum absolute atomic E-state index is 11.8. The average molecular weight is 636 g/mol. The molecule has 0 amide bonds. The third-order valence-corrected chi connectivity index (χ3v) is 8.96. The first kappa shape index (κ1) is 42.5. The van der Waals surface area contributed by atoms with Crippen molar-refractivity contribution in [3.8, 4) is 0 Å². The Morgan fingerprint density at radius 2 is 0.953 bits per heavy atom. The quantitative estimate of drug-likeness (QED) is 0.0357. The van der Waals surface area contributed by atoms with Crippen LogP contribution in [0.15, 0.2) is 0 Å². The van der Waals surface area contributed by atoms with Crippen molar-refractivity contribution < 1.29 is 33.1 Å². The van der Waals surface area contributed by atoms with Crippen molar-refractivity contribution in [3.05, 3.63) is 0 Å².